The summed E-state index contributed by atoms with van der Waals surface area (Å²) in [6.07, 6.45) is 4.44. The minimum atomic E-state index is -0.922. The first-order valence-electron chi connectivity index (χ1n) is 9.48. The molecule has 2 saturated carbocycles. The molecule has 0 amide bonds. The maximum absolute atomic E-state index is 12.1. The standard InChI is InChI=1S/C21H32O4/c1-14(2)18(22)7-6-16-12-20(23,15(3)4)13-19(5)17(16)8-9-21(19)24-10-11-25-21/h16-17,23H,1,3,6-13H2,2,4-5H3/t16-,17+,19+,20?/m1/s1. The summed E-state index contributed by atoms with van der Waals surface area (Å²) >= 11 is 0. The first kappa shape index (κ1) is 18.8. The average Bonchev–Trinajstić information content (AvgIpc) is 3.11. The zero-order chi connectivity index (χ0) is 18.5. The summed E-state index contributed by atoms with van der Waals surface area (Å²) in [4.78, 5) is 12.1. The summed E-state index contributed by atoms with van der Waals surface area (Å²) < 4.78 is 12.2. The first-order valence-corrected chi connectivity index (χ1v) is 9.48. The Morgan fingerprint density at radius 3 is 2.44 bits per heavy atom. The van der Waals surface area contributed by atoms with Gasteiger partial charge in [0.2, 0.25) is 0 Å². The van der Waals surface area contributed by atoms with Crippen molar-refractivity contribution in [3.05, 3.63) is 24.3 Å². The number of ketones is 1. The van der Waals surface area contributed by atoms with Gasteiger partial charge in [-0.25, -0.2) is 0 Å². The highest BCUT2D eigenvalue weighted by molar-refractivity contribution is 5.94. The molecule has 3 aliphatic rings. The number of fused-ring (bicyclic) bond motifs is 2. The average molecular weight is 348 g/mol. The Morgan fingerprint density at radius 2 is 1.88 bits per heavy atom. The van der Waals surface area contributed by atoms with Gasteiger partial charge >= 0.3 is 0 Å². The van der Waals surface area contributed by atoms with Crippen molar-refractivity contribution in [1.29, 1.82) is 0 Å². The van der Waals surface area contributed by atoms with E-state index in [1.54, 1.807) is 6.92 Å². The Labute approximate surface area is 151 Å². The Hall–Kier alpha value is -0.970. The maximum Gasteiger partial charge on any atom is 0.174 e. The van der Waals surface area contributed by atoms with Crippen molar-refractivity contribution in [1.82, 2.24) is 0 Å². The van der Waals surface area contributed by atoms with Crippen molar-refractivity contribution in [2.75, 3.05) is 13.2 Å². The molecule has 3 rings (SSSR count). The van der Waals surface area contributed by atoms with Crippen LogP contribution in [0, 0.1) is 17.3 Å². The van der Waals surface area contributed by atoms with Gasteiger partial charge in [-0.05, 0) is 62.5 Å². The van der Waals surface area contributed by atoms with Crippen LogP contribution in [0.3, 0.4) is 0 Å². The van der Waals surface area contributed by atoms with E-state index >= 15 is 0 Å². The van der Waals surface area contributed by atoms with Crippen LogP contribution in [-0.2, 0) is 14.3 Å². The smallest absolute Gasteiger partial charge is 0.174 e. The number of ether oxygens (including phenoxy) is 2. The fourth-order valence-corrected chi connectivity index (χ4v) is 5.60. The predicted octanol–water partition coefficient (Wildman–Crippen LogP) is 3.79. The second-order valence-corrected chi connectivity index (χ2v) is 8.71. The Morgan fingerprint density at radius 1 is 1.24 bits per heavy atom. The van der Waals surface area contributed by atoms with E-state index in [-0.39, 0.29) is 17.1 Å². The minimum Gasteiger partial charge on any atom is -0.386 e. The van der Waals surface area contributed by atoms with E-state index in [0.29, 0.717) is 44.0 Å². The lowest BCUT2D eigenvalue weighted by molar-refractivity contribution is -0.251. The normalized spacial score (nSPS) is 39.4. The van der Waals surface area contributed by atoms with E-state index in [1.807, 2.05) is 6.92 Å². The highest BCUT2D eigenvalue weighted by Gasteiger charge is 2.66. The van der Waals surface area contributed by atoms with E-state index in [1.165, 1.54) is 0 Å². The summed E-state index contributed by atoms with van der Waals surface area (Å²) in [6, 6.07) is 0. The molecule has 0 aromatic heterocycles. The van der Waals surface area contributed by atoms with Crippen LogP contribution >= 0.6 is 0 Å². The Bertz CT molecular complexity index is 589. The van der Waals surface area contributed by atoms with Gasteiger partial charge in [0.05, 0.1) is 18.8 Å². The molecule has 0 radical (unpaired) electrons. The van der Waals surface area contributed by atoms with Gasteiger partial charge in [0.25, 0.3) is 0 Å². The number of hydrogen-bond donors (Lipinski definition) is 1. The van der Waals surface area contributed by atoms with Crippen LogP contribution in [0.25, 0.3) is 0 Å². The molecule has 1 unspecified atom stereocenters. The van der Waals surface area contributed by atoms with E-state index in [2.05, 4.69) is 20.1 Å². The molecule has 4 nitrogen and oxygen atoms in total. The largest absolute Gasteiger partial charge is 0.386 e. The van der Waals surface area contributed by atoms with Gasteiger partial charge in [-0.3, -0.25) is 4.79 Å². The van der Waals surface area contributed by atoms with Gasteiger partial charge in [-0.1, -0.05) is 20.1 Å². The van der Waals surface area contributed by atoms with Crippen molar-refractivity contribution in [3.8, 4) is 0 Å². The molecule has 1 saturated heterocycles. The fourth-order valence-electron chi connectivity index (χ4n) is 5.60. The zero-order valence-electron chi connectivity index (χ0n) is 15.9. The number of hydrogen-bond acceptors (Lipinski definition) is 4. The highest BCUT2D eigenvalue weighted by atomic mass is 16.7. The van der Waals surface area contributed by atoms with Crippen LogP contribution in [0.5, 0.6) is 0 Å². The van der Waals surface area contributed by atoms with Crippen LogP contribution < -0.4 is 0 Å². The lowest BCUT2D eigenvalue weighted by atomic mass is 9.55. The van der Waals surface area contributed by atoms with E-state index in [4.69, 9.17) is 9.47 Å². The highest BCUT2D eigenvalue weighted by Crippen LogP contribution is 2.65. The number of carbonyl (C=O) groups is 1. The first-order chi connectivity index (χ1) is 11.6. The van der Waals surface area contributed by atoms with Crippen molar-refractivity contribution in [2.45, 2.75) is 70.7 Å². The molecule has 1 N–H and O–H groups in total. The third kappa shape index (κ3) is 2.92. The van der Waals surface area contributed by atoms with Crippen LogP contribution in [0.1, 0.15) is 59.3 Å². The van der Waals surface area contributed by atoms with E-state index < -0.39 is 11.4 Å². The molecule has 1 aliphatic heterocycles. The summed E-state index contributed by atoms with van der Waals surface area (Å²) in [5.74, 6) is 0.185. The molecule has 1 heterocycles. The van der Waals surface area contributed by atoms with Gasteiger partial charge in [0.1, 0.15) is 0 Å². The summed E-state index contributed by atoms with van der Waals surface area (Å²) in [7, 11) is 0. The molecule has 4 heteroatoms. The van der Waals surface area contributed by atoms with Crippen molar-refractivity contribution >= 4 is 5.78 Å². The van der Waals surface area contributed by atoms with Gasteiger partial charge in [-0.2, -0.15) is 0 Å². The van der Waals surface area contributed by atoms with Crippen molar-refractivity contribution in [3.63, 3.8) is 0 Å². The molecule has 1 spiro atoms. The van der Waals surface area contributed by atoms with E-state index in [0.717, 1.165) is 24.8 Å². The van der Waals surface area contributed by atoms with Gasteiger partial charge in [-0.15, -0.1) is 0 Å². The van der Waals surface area contributed by atoms with Crippen molar-refractivity contribution < 1.29 is 19.4 Å². The minimum absolute atomic E-state index is 0.118. The molecule has 140 valence electrons. The van der Waals surface area contributed by atoms with Gasteiger partial charge in [0, 0.05) is 18.3 Å². The molecule has 25 heavy (non-hydrogen) atoms. The Kier molecular flexibility index (Phi) is 4.76. The van der Waals surface area contributed by atoms with Gasteiger partial charge in [0.15, 0.2) is 11.6 Å². The number of rotatable bonds is 5. The third-order valence-corrected chi connectivity index (χ3v) is 7.07. The second kappa shape index (κ2) is 6.33. The number of Topliss-reactive ketones (excluding diaryl/α,β-unsaturated/α-hetero) is 1. The van der Waals surface area contributed by atoms with Crippen LogP contribution in [0.4, 0.5) is 0 Å². The van der Waals surface area contributed by atoms with Crippen LogP contribution in [-0.4, -0.2) is 35.5 Å². The molecule has 4 atom stereocenters. The third-order valence-electron chi connectivity index (χ3n) is 7.07. The molecule has 3 fully saturated rings. The monoisotopic (exact) mass is 348 g/mol. The summed E-state index contributed by atoms with van der Waals surface area (Å²) in [5, 5.41) is 11.3. The van der Waals surface area contributed by atoms with Crippen LogP contribution in [0.15, 0.2) is 24.3 Å². The molecule has 0 aromatic carbocycles. The summed E-state index contributed by atoms with van der Waals surface area (Å²) in [6.45, 7) is 14.9. The van der Waals surface area contributed by atoms with Crippen LogP contribution in [0.2, 0.25) is 0 Å². The van der Waals surface area contributed by atoms with Gasteiger partial charge < -0.3 is 14.6 Å². The number of allylic oxidation sites excluding steroid dienone is 1. The molecule has 0 aromatic rings. The maximum atomic E-state index is 12.1. The summed E-state index contributed by atoms with van der Waals surface area (Å²) in [5.41, 5.74) is 0.226. The number of aliphatic hydroxyl groups is 1. The second-order valence-electron chi connectivity index (χ2n) is 8.71. The topological polar surface area (TPSA) is 55.8 Å². The zero-order valence-corrected chi connectivity index (χ0v) is 15.9. The molecule has 0 bridgehead atoms. The molecular formula is C21H32O4. The SMILES string of the molecule is C=C(C)C(=O)CC[C@@H]1CC(O)(C(=C)C)C[C@@]2(C)[C@H]1CCC21OCCO1. The lowest BCUT2D eigenvalue weighted by Crippen LogP contribution is -2.56. The molecule has 2 aliphatic carbocycles. The van der Waals surface area contributed by atoms with E-state index in [9.17, 15) is 9.90 Å². The fraction of sp³-hybridized carbons (Fsp3) is 0.762. The predicted molar refractivity (Wildman–Crippen MR) is 97.0 cm³/mol. The number of carbonyl (C=O) groups excluding carboxylic acids is 1. The quantitative estimate of drug-likeness (QED) is 0.607. The molecular weight excluding hydrogens is 316 g/mol. The lowest BCUT2D eigenvalue weighted by Gasteiger charge is -2.54. The Balaban J connectivity index is 1.89. The van der Waals surface area contributed by atoms with Crippen molar-refractivity contribution in [2.24, 2.45) is 17.3 Å².